The van der Waals surface area contributed by atoms with E-state index in [9.17, 15) is 18.0 Å². The van der Waals surface area contributed by atoms with Gasteiger partial charge in [0.2, 0.25) is 10.0 Å². The monoisotopic (exact) mass is 442 g/mol. The fraction of sp³-hybridized carbons (Fsp3) is 0.579. The van der Waals surface area contributed by atoms with Gasteiger partial charge in [-0.15, -0.1) is 0 Å². The lowest BCUT2D eigenvalue weighted by Crippen LogP contribution is -2.53. The maximum absolute atomic E-state index is 13.1. The van der Waals surface area contributed by atoms with Crippen molar-refractivity contribution in [2.75, 3.05) is 54.0 Å². The van der Waals surface area contributed by atoms with Gasteiger partial charge in [-0.3, -0.25) is 9.59 Å². The van der Waals surface area contributed by atoms with Crippen LogP contribution in [-0.4, -0.2) is 89.7 Å². The highest BCUT2D eigenvalue weighted by Gasteiger charge is 2.35. The molecule has 1 aromatic carbocycles. The van der Waals surface area contributed by atoms with Crippen molar-refractivity contribution in [2.24, 2.45) is 0 Å². The summed E-state index contributed by atoms with van der Waals surface area (Å²) in [6.45, 7) is 3.17. The molecule has 2 N–H and O–H groups in total. The lowest BCUT2D eigenvalue weighted by Gasteiger charge is -2.34. The number of nitrogens with zero attached hydrogens (tertiary/aromatic N) is 2. The molecule has 1 saturated heterocycles. The van der Waals surface area contributed by atoms with Crippen molar-refractivity contribution in [1.82, 2.24) is 19.8 Å². The second-order valence-corrected chi connectivity index (χ2v) is 9.09. The first-order valence-electron chi connectivity index (χ1n) is 9.65. The number of amides is 2. The Balaban J connectivity index is 2.04. The maximum atomic E-state index is 13.1. The summed E-state index contributed by atoms with van der Waals surface area (Å²) in [6.07, 6.45) is -0.367. The summed E-state index contributed by atoms with van der Waals surface area (Å²) in [7, 11) is 1.37. The molecule has 1 aliphatic rings. The van der Waals surface area contributed by atoms with Crippen LogP contribution in [0.3, 0.4) is 0 Å². The summed E-state index contributed by atoms with van der Waals surface area (Å²) in [5.41, 5.74) is 0.691. The van der Waals surface area contributed by atoms with E-state index >= 15 is 0 Å². The van der Waals surface area contributed by atoms with E-state index in [1.165, 1.54) is 23.5 Å². The van der Waals surface area contributed by atoms with Gasteiger partial charge in [-0.25, -0.2) is 8.42 Å². The van der Waals surface area contributed by atoms with Gasteiger partial charge in [-0.1, -0.05) is 0 Å². The molecule has 11 heteroatoms. The molecular weight excluding hydrogens is 412 g/mol. The van der Waals surface area contributed by atoms with Crippen LogP contribution in [0.2, 0.25) is 0 Å². The number of rotatable bonds is 8. The number of nitrogens with one attached hydrogen (secondary N) is 2. The molecule has 0 aliphatic carbocycles. The van der Waals surface area contributed by atoms with E-state index in [0.717, 1.165) is 0 Å². The van der Waals surface area contributed by atoms with Crippen molar-refractivity contribution in [1.29, 1.82) is 0 Å². The molecule has 2 amide bonds. The van der Waals surface area contributed by atoms with Crippen LogP contribution in [0, 0.1) is 6.92 Å². The minimum absolute atomic E-state index is 0.115. The third-order valence-corrected chi connectivity index (χ3v) is 6.50. The molecule has 2 rings (SSSR count). The molecule has 0 spiro atoms. The molecule has 1 aromatic rings. The number of ether oxygens (including phenoxy) is 2. The van der Waals surface area contributed by atoms with Crippen molar-refractivity contribution in [2.45, 2.75) is 24.5 Å². The zero-order chi connectivity index (χ0) is 22.3. The molecule has 1 atom stereocenters. The highest BCUT2D eigenvalue weighted by Crippen LogP contribution is 2.26. The number of hydrogen-bond acceptors (Lipinski definition) is 7. The Morgan fingerprint density at radius 3 is 2.60 bits per heavy atom. The molecule has 0 radical (unpaired) electrons. The minimum Gasteiger partial charge on any atom is -0.496 e. The smallest absolute Gasteiger partial charge is 0.309 e. The van der Waals surface area contributed by atoms with E-state index in [1.807, 2.05) is 19.0 Å². The highest BCUT2D eigenvalue weighted by atomic mass is 32.2. The molecule has 1 fully saturated rings. The number of sulfonamides is 1. The average molecular weight is 443 g/mol. The van der Waals surface area contributed by atoms with E-state index in [4.69, 9.17) is 9.47 Å². The Hall–Kier alpha value is -2.21. The van der Waals surface area contributed by atoms with Gasteiger partial charge in [-0.2, -0.15) is 4.31 Å². The number of benzene rings is 1. The van der Waals surface area contributed by atoms with Gasteiger partial charge >= 0.3 is 11.8 Å². The van der Waals surface area contributed by atoms with Crippen LogP contribution in [0.5, 0.6) is 5.75 Å². The van der Waals surface area contributed by atoms with Crippen molar-refractivity contribution in [3.63, 3.8) is 0 Å². The topological polar surface area (TPSA) is 117 Å². The maximum Gasteiger partial charge on any atom is 0.309 e. The molecule has 0 aromatic heterocycles. The van der Waals surface area contributed by atoms with Gasteiger partial charge in [0.15, 0.2) is 0 Å². The molecule has 1 heterocycles. The number of methoxy groups -OCH3 is 1. The Morgan fingerprint density at radius 1 is 1.27 bits per heavy atom. The predicted octanol–water partition coefficient (Wildman–Crippen LogP) is -0.465. The van der Waals surface area contributed by atoms with E-state index in [0.29, 0.717) is 37.4 Å². The zero-order valence-electron chi connectivity index (χ0n) is 17.8. The van der Waals surface area contributed by atoms with Crippen molar-refractivity contribution in [3.05, 3.63) is 23.8 Å². The van der Waals surface area contributed by atoms with E-state index in [1.54, 1.807) is 13.0 Å². The Kier molecular flexibility index (Phi) is 8.59. The average Bonchev–Trinajstić information content (AvgIpc) is 2.71. The number of aryl methyl sites for hydroxylation is 1. The normalized spacial score (nSPS) is 17.6. The fourth-order valence-corrected chi connectivity index (χ4v) is 4.63. The summed E-state index contributed by atoms with van der Waals surface area (Å²) in [5.74, 6) is -1.01. The Morgan fingerprint density at radius 2 is 1.97 bits per heavy atom. The largest absolute Gasteiger partial charge is 0.496 e. The van der Waals surface area contributed by atoms with Gasteiger partial charge in [-0.05, 0) is 51.2 Å². The quantitative estimate of drug-likeness (QED) is 0.523. The molecule has 10 nitrogen and oxygen atoms in total. The molecule has 1 unspecified atom stereocenters. The summed E-state index contributed by atoms with van der Waals surface area (Å²) in [5, 5.41) is 4.97. The standard InChI is InChI=1S/C19H30N4O6S/c1-14-12-15(6-7-16(14)28-4)30(26,27)23-9-5-11-29-17(23)13-21-19(25)18(24)20-8-10-22(2)3/h6-7,12,17H,5,8-11,13H2,1-4H3,(H,20,24)(H,21,25). The third-order valence-electron chi connectivity index (χ3n) is 4.62. The molecule has 1 aliphatic heterocycles. The summed E-state index contributed by atoms with van der Waals surface area (Å²) in [6, 6.07) is 4.61. The minimum atomic E-state index is -3.86. The summed E-state index contributed by atoms with van der Waals surface area (Å²) in [4.78, 5) is 25.9. The molecule has 168 valence electrons. The number of hydrogen-bond donors (Lipinski definition) is 2. The summed E-state index contributed by atoms with van der Waals surface area (Å²) < 4.78 is 38.3. The first-order chi connectivity index (χ1) is 14.2. The molecule has 0 bridgehead atoms. The zero-order valence-corrected chi connectivity index (χ0v) is 18.6. The summed E-state index contributed by atoms with van der Waals surface area (Å²) >= 11 is 0. The van der Waals surface area contributed by atoms with Crippen molar-refractivity contribution >= 4 is 21.8 Å². The third kappa shape index (κ3) is 6.14. The van der Waals surface area contributed by atoms with Gasteiger partial charge in [0.05, 0.1) is 25.2 Å². The number of carbonyl (C=O) groups excluding carboxylic acids is 2. The van der Waals surface area contributed by atoms with Crippen LogP contribution >= 0.6 is 0 Å². The molecular formula is C19H30N4O6S. The van der Waals surface area contributed by atoms with E-state index < -0.39 is 28.1 Å². The number of likely N-dealkylation sites (N-methyl/N-ethyl adjacent to an activating group) is 1. The number of carbonyl (C=O) groups is 2. The van der Waals surface area contributed by atoms with Crippen molar-refractivity contribution in [3.8, 4) is 5.75 Å². The van der Waals surface area contributed by atoms with Crippen molar-refractivity contribution < 1.29 is 27.5 Å². The van der Waals surface area contributed by atoms with E-state index in [2.05, 4.69) is 10.6 Å². The van der Waals surface area contributed by atoms with E-state index in [-0.39, 0.29) is 18.0 Å². The highest BCUT2D eigenvalue weighted by molar-refractivity contribution is 7.89. The second-order valence-electron chi connectivity index (χ2n) is 7.20. The van der Waals surface area contributed by atoms with Crippen LogP contribution in [0.4, 0.5) is 0 Å². The Bertz CT molecular complexity index is 859. The van der Waals surface area contributed by atoms with Gasteiger partial charge in [0.1, 0.15) is 12.0 Å². The first kappa shape index (κ1) is 24.1. The van der Waals surface area contributed by atoms with Gasteiger partial charge in [0.25, 0.3) is 0 Å². The van der Waals surface area contributed by atoms with Crippen LogP contribution in [0.1, 0.15) is 12.0 Å². The lowest BCUT2D eigenvalue weighted by molar-refractivity contribution is -0.140. The fourth-order valence-electron chi connectivity index (χ4n) is 2.98. The lowest BCUT2D eigenvalue weighted by atomic mass is 10.2. The Labute approximate surface area is 177 Å². The van der Waals surface area contributed by atoms with Crippen LogP contribution < -0.4 is 15.4 Å². The second kappa shape index (κ2) is 10.7. The molecule has 0 saturated carbocycles. The van der Waals surface area contributed by atoms with Gasteiger partial charge in [0, 0.05) is 19.6 Å². The first-order valence-corrected chi connectivity index (χ1v) is 11.1. The van der Waals surface area contributed by atoms with Crippen LogP contribution in [0.25, 0.3) is 0 Å². The SMILES string of the molecule is COc1ccc(S(=O)(=O)N2CCCOC2CNC(=O)C(=O)NCCN(C)C)cc1C. The van der Waals surface area contributed by atoms with Crippen LogP contribution in [-0.2, 0) is 24.3 Å². The van der Waals surface area contributed by atoms with Gasteiger partial charge < -0.3 is 25.0 Å². The van der Waals surface area contributed by atoms with Crippen LogP contribution in [0.15, 0.2) is 23.1 Å². The molecule has 30 heavy (non-hydrogen) atoms. The predicted molar refractivity (Wildman–Crippen MR) is 111 cm³/mol.